The van der Waals surface area contributed by atoms with Crippen LogP contribution in [-0.2, 0) is 0 Å². The lowest BCUT2D eigenvalue weighted by Crippen LogP contribution is -2.61. The van der Waals surface area contributed by atoms with Crippen molar-refractivity contribution >= 4 is 11.8 Å². The van der Waals surface area contributed by atoms with Crippen LogP contribution < -0.4 is 5.32 Å². The third-order valence-electron chi connectivity index (χ3n) is 3.53. The highest BCUT2D eigenvalue weighted by molar-refractivity contribution is 7.99. The molecule has 0 radical (unpaired) electrons. The first-order valence-electron chi connectivity index (χ1n) is 6.66. The fourth-order valence-corrected chi connectivity index (χ4v) is 2.87. The lowest BCUT2D eigenvalue weighted by atomic mass is 9.96. The molecule has 16 heavy (non-hydrogen) atoms. The Morgan fingerprint density at radius 1 is 1.38 bits per heavy atom. The molecule has 1 unspecified atom stereocenters. The first-order valence-corrected chi connectivity index (χ1v) is 7.81. The molecule has 0 spiro atoms. The van der Waals surface area contributed by atoms with Crippen molar-refractivity contribution in [3.63, 3.8) is 0 Å². The van der Waals surface area contributed by atoms with Gasteiger partial charge in [-0.05, 0) is 44.7 Å². The molecule has 0 amide bonds. The van der Waals surface area contributed by atoms with Crippen molar-refractivity contribution < 1.29 is 0 Å². The van der Waals surface area contributed by atoms with Crippen molar-refractivity contribution in [3.05, 3.63) is 0 Å². The summed E-state index contributed by atoms with van der Waals surface area (Å²) >= 11 is 2.06. The second-order valence-electron chi connectivity index (χ2n) is 5.29. The van der Waals surface area contributed by atoms with Crippen molar-refractivity contribution in [2.45, 2.75) is 52.1 Å². The third kappa shape index (κ3) is 4.27. The molecule has 1 heterocycles. The summed E-state index contributed by atoms with van der Waals surface area (Å²) in [7, 11) is 0. The van der Waals surface area contributed by atoms with E-state index in [-0.39, 0.29) is 0 Å². The van der Waals surface area contributed by atoms with Gasteiger partial charge in [0.15, 0.2) is 0 Å². The van der Waals surface area contributed by atoms with E-state index in [1.54, 1.807) is 0 Å². The molecule has 1 N–H and O–H groups in total. The highest BCUT2D eigenvalue weighted by atomic mass is 32.2. The molecule has 1 aliphatic rings. The Bertz CT molecular complexity index is 194. The van der Waals surface area contributed by atoms with Gasteiger partial charge in [0.1, 0.15) is 0 Å². The van der Waals surface area contributed by atoms with Crippen molar-refractivity contribution in [2.24, 2.45) is 0 Å². The van der Waals surface area contributed by atoms with Gasteiger partial charge in [0.25, 0.3) is 0 Å². The van der Waals surface area contributed by atoms with Gasteiger partial charge in [-0.15, -0.1) is 0 Å². The van der Waals surface area contributed by atoms with Crippen LogP contribution in [0.1, 0.15) is 40.5 Å². The minimum atomic E-state index is 0.336. The van der Waals surface area contributed by atoms with E-state index in [0.717, 1.165) is 6.54 Å². The first kappa shape index (κ1) is 14.3. The molecule has 0 aromatic heterocycles. The van der Waals surface area contributed by atoms with Gasteiger partial charge in [-0.3, -0.25) is 4.90 Å². The smallest absolute Gasteiger partial charge is 0.0278 e. The van der Waals surface area contributed by atoms with Crippen LogP contribution in [0.15, 0.2) is 0 Å². The maximum absolute atomic E-state index is 3.64. The zero-order valence-corrected chi connectivity index (χ0v) is 12.2. The van der Waals surface area contributed by atoms with Crippen molar-refractivity contribution in [1.29, 1.82) is 0 Å². The SMILES string of the molecule is CCSCCCN1CC(CC)NCC1(C)C. The van der Waals surface area contributed by atoms with Gasteiger partial charge in [0, 0.05) is 24.7 Å². The molecule has 1 fully saturated rings. The van der Waals surface area contributed by atoms with Crippen LogP contribution in [0.25, 0.3) is 0 Å². The summed E-state index contributed by atoms with van der Waals surface area (Å²) in [6.07, 6.45) is 2.58. The summed E-state index contributed by atoms with van der Waals surface area (Å²) < 4.78 is 0. The van der Waals surface area contributed by atoms with Gasteiger partial charge in [-0.2, -0.15) is 11.8 Å². The topological polar surface area (TPSA) is 15.3 Å². The van der Waals surface area contributed by atoms with Crippen molar-refractivity contribution in [3.8, 4) is 0 Å². The highest BCUT2D eigenvalue weighted by Crippen LogP contribution is 2.20. The van der Waals surface area contributed by atoms with Crippen LogP contribution in [0.2, 0.25) is 0 Å². The molecule has 0 aromatic carbocycles. The highest BCUT2D eigenvalue weighted by Gasteiger charge is 2.32. The second kappa shape index (κ2) is 6.87. The summed E-state index contributed by atoms with van der Waals surface area (Å²) in [6, 6.07) is 0.701. The molecule has 1 aliphatic heterocycles. The monoisotopic (exact) mass is 244 g/mol. The molecule has 0 aromatic rings. The molecule has 0 saturated carbocycles. The minimum absolute atomic E-state index is 0.336. The zero-order valence-electron chi connectivity index (χ0n) is 11.4. The number of nitrogens with one attached hydrogen (secondary N) is 1. The summed E-state index contributed by atoms with van der Waals surface area (Å²) in [6.45, 7) is 12.9. The van der Waals surface area contributed by atoms with E-state index < -0.39 is 0 Å². The third-order valence-corrected chi connectivity index (χ3v) is 4.52. The Kier molecular flexibility index (Phi) is 6.16. The quantitative estimate of drug-likeness (QED) is 0.723. The van der Waals surface area contributed by atoms with Gasteiger partial charge in [-0.25, -0.2) is 0 Å². The van der Waals surface area contributed by atoms with E-state index >= 15 is 0 Å². The molecule has 96 valence electrons. The van der Waals surface area contributed by atoms with Gasteiger partial charge >= 0.3 is 0 Å². The molecule has 0 aliphatic carbocycles. The van der Waals surface area contributed by atoms with Crippen molar-refractivity contribution in [1.82, 2.24) is 10.2 Å². The number of nitrogens with zero attached hydrogens (tertiary/aromatic N) is 1. The number of hydrogen-bond acceptors (Lipinski definition) is 3. The van der Waals surface area contributed by atoms with Crippen LogP contribution in [0.3, 0.4) is 0 Å². The van der Waals surface area contributed by atoms with Crippen LogP contribution in [0.5, 0.6) is 0 Å². The van der Waals surface area contributed by atoms with E-state index in [9.17, 15) is 0 Å². The zero-order chi connectivity index (χ0) is 12.0. The number of thioether (sulfide) groups is 1. The summed E-state index contributed by atoms with van der Waals surface area (Å²) in [5.41, 5.74) is 0.336. The average Bonchev–Trinajstić information content (AvgIpc) is 2.26. The van der Waals surface area contributed by atoms with Gasteiger partial charge < -0.3 is 5.32 Å². The lowest BCUT2D eigenvalue weighted by molar-refractivity contribution is 0.0657. The maximum atomic E-state index is 3.64. The molecule has 0 bridgehead atoms. The van der Waals surface area contributed by atoms with Gasteiger partial charge in [0.2, 0.25) is 0 Å². The number of hydrogen-bond donors (Lipinski definition) is 1. The Morgan fingerprint density at radius 3 is 2.75 bits per heavy atom. The molecular weight excluding hydrogens is 216 g/mol. The summed E-state index contributed by atoms with van der Waals surface area (Å²) in [5, 5.41) is 3.64. The lowest BCUT2D eigenvalue weighted by Gasteiger charge is -2.46. The van der Waals surface area contributed by atoms with Crippen LogP contribution in [0.4, 0.5) is 0 Å². The molecule has 1 atom stereocenters. The normalized spacial score (nSPS) is 25.9. The van der Waals surface area contributed by atoms with E-state index in [1.807, 2.05) is 0 Å². The molecular formula is C13H28N2S. The predicted molar refractivity (Wildman–Crippen MR) is 75.3 cm³/mol. The fourth-order valence-electron chi connectivity index (χ4n) is 2.25. The van der Waals surface area contributed by atoms with E-state index in [1.165, 1.54) is 37.4 Å². The van der Waals surface area contributed by atoms with Crippen LogP contribution >= 0.6 is 11.8 Å². The van der Waals surface area contributed by atoms with E-state index in [2.05, 4.69) is 49.7 Å². The minimum Gasteiger partial charge on any atom is -0.311 e. The molecule has 1 rings (SSSR count). The summed E-state index contributed by atoms with van der Waals surface area (Å²) in [5.74, 6) is 2.57. The largest absolute Gasteiger partial charge is 0.311 e. The fraction of sp³-hybridized carbons (Fsp3) is 1.00. The van der Waals surface area contributed by atoms with Gasteiger partial charge in [-0.1, -0.05) is 13.8 Å². The Morgan fingerprint density at radius 2 is 2.12 bits per heavy atom. The first-order chi connectivity index (χ1) is 7.60. The Balaban J connectivity index is 2.34. The number of piperazine rings is 1. The second-order valence-corrected chi connectivity index (χ2v) is 6.69. The standard InChI is InChI=1S/C13H28N2S/c1-5-12-10-15(8-7-9-16-6-2)13(3,4)11-14-12/h12,14H,5-11H2,1-4H3. The van der Waals surface area contributed by atoms with E-state index in [4.69, 9.17) is 0 Å². The molecule has 1 saturated heterocycles. The maximum Gasteiger partial charge on any atom is 0.0278 e. The average molecular weight is 244 g/mol. The predicted octanol–water partition coefficient (Wildman–Crippen LogP) is 2.59. The van der Waals surface area contributed by atoms with Crippen LogP contribution in [0, 0.1) is 0 Å². The molecule has 3 heteroatoms. The van der Waals surface area contributed by atoms with Crippen LogP contribution in [-0.4, -0.2) is 47.6 Å². The summed E-state index contributed by atoms with van der Waals surface area (Å²) in [4.78, 5) is 2.67. The van der Waals surface area contributed by atoms with Crippen molar-refractivity contribution in [2.75, 3.05) is 31.1 Å². The Hall–Kier alpha value is 0.270. The molecule has 2 nitrogen and oxygen atoms in total. The Labute approximate surface area is 106 Å². The number of rotatable bonds is 6. The van der Waals surface area contributed by atoms with E-state index in [0.29, 0.717) is 11.6 Å². The van der Waals surface area contributed by atoms with Gasteiger partial charge in [0.05, 0.1) is 0 Å².